The Morgan fingerprint density at radius 2 is 1.70 bits per heavy atom. The minimum absolute atomic E-state index is 0.0964. The van der Waals surface area contributed by atoms with Crippen molar-refractivity contribution in [3.63, 3.8) is 0 Å². The second kappa shape index (κ2) is 7.82. The van der Waals surface area contributed by atoms with Crippen LogP contribution < -0.4 is 5.32 Å². The first kappa shape index (κ1) is 19.0. The topological polar surface area (TPSA) is 58.6 Å². The standard InChI is InChI=1S/C22H26N2O3/c1-22(2,3)27-21(26)23-19-13-17-11-7-8-12-18(17)15-24(20(19)25)14-16-9-5-4-6-10-16/h4-12,19H,13-15H2,1-3H3,(H,23,26)/t19-/m1/s1. The summed E-state index contributed by atoms with van der Waals surface area (Å²) in [6.07, 6.45) is -0.112. The molecule has 1 atom stereocenters. The second-order valence-electron chi connectivity index (χ2n) is 7.85. The number of ether oxygens (including phenoxy) is 1. The van der Waals surface area contributed by atoms with Gasteiger partial charge in [-0.05, 0) is 37.5 Å². The van der Waals surface area contributed by atoms with Gasteiger partial charge in [0.1, 0.15) is 11.6 Å². The number of benzene rings is 2. The zero-order chi connectivity index (χ0) is 19.4. The molecule has 0 unspecified atom stereocenters. The predicted molar refractivity (Wildman–Crippen MR) is 104 cm³/mol. The largest absolute Gasteiger partial charge is 0.444 e. The second-order valence-corrected chi connectivity index (χ2v) is 7.85. The highest BCUT2D eigenvalue weighted by atomic mass is 16.6. The maximum atomic E-state index is 13.2. The lowest BCUT2D eigenvalue weighted by Crippen LogP contribution is -2.49. The predicted octanol–water partition coefficient (Wildman–Crippen LogP) is 3.66. The van der Waals surface area contributed by atoms with Gasteiger partial charge in [-0.2, -0.15) is 0 Å². The summed E-state index contributed by atoms with van der Waals surface area (Å²) >= 11 is 0. The van der Waals surface area contributed by atoms with Gasteiger partial charge in [0.25, 0.3) is 0 Å². The van der Waals surface area contributed by atoms with Crippen molar-refractivity contribution in [1.29, 1.82) is 0 Å². The lowest BCUT2D eigenvalue weighted by Gasteiger charge is -2.26. The molecule has 2 aromatic carbocycles. The average molecular weight is 366 g/mol. The fourth-order valence-corrected chi connectivity index (χ4v) is 3.22. The molecule has 2 amide bonds. The molecule has 0 aromatic heterocycles. The SMILES string of the molecule is CC(C)(C)OC(=O)N[C@@H]1Cc2ccccc2CN(Cc2ccccc2)C1=O. The molecule has 0 aliphatic carbocycles. The van der Waals surface area contributed by atoms with Crippen molar-refractivity contribution >= 4 is 12.0 Å². The Morgan fingerprint density at radius 3 is 2.37 bits per heavy atom. The summed E-state index contributed by atoms with van der Waals surface area (Å²) in [5.41, 5.74) is 2.62. The van der Waals surface area contributed by atoms with Crippen molar-refractivity contribution in [2.45, 2.75) is 51.9 Å². The minimum atomic E-state index is -0.646. The summed E-state index contributed by atoms with van der Waals surface area (Å²) in [5.74, 6) is -0.0964. The van der Waals surface area contributed by atoms with Crippen molar-refractivity contribution in [3.05, 3.63) is 71.3 Å². The van der Waals surface area contributed by atoms with Crippen LogP contribution in [0.5, 0.6) is 0 Å². The average Bonchev–Trinajstić information content (AvgIpc) is 2.72. The van der Waals surface area contributed by atoms with Gasteiger partial charge in [-0.1, -0.05) is 54.6 Å². The molecular formula is C22H26N2O3. The third-order valence-corrected chi connectivity index (χ3v) is 4.42. The van der Waals surface area contributed by atoms with Crippen molar-refractivity contribution in [2.75, 3.05) is 0 Å². The molecule has 0 spiro atoms. The van der Waals surface area contributed by atoms with E-state index >= 15 is 0 Å². The number of amides is 2. The zero-order valence-corrected chi connectivity index (χ0v) is 16.1. The molecule has 142 valence electrons. The zero-order valence-electron chi connectivity index (χ0n) is 16.1. The van der Waals surface area contributed by atoms with Gasteiger partial charge in [-0.15, -0.1) is 0 Å². The summed E-state index contributed by atoms with van der Waals surface area (Å²) < 4.78 is 5.35. The van der Waals surface area contributed by atoms with Crippen LogP contribution in [0.1, 0.15) is 37.5 Å². The smallest absolute Gasteiger partial charge is 0.408 e. The van der Waals surface area contributed by atoms with E-state index in [1.165, 1.54) is 0 Å². The summed E-state index contributed by atoms with van der Waals surface area (Å²) in [5, 5.41) is 2.77. The first-order valence-electron chi connectivity index (χ1n) is 9.21. The molecule has 3 rings (SSSR count). The monoisotopic (exact) mass is 366 g/mol. The summed E-state index contributed by atoms with van der Waals surface area (Å²) in [7, 11) is 0. The molecule has 27 heavy (non-hydrogen) atoms. The highest BCUT2D eigenvalue weighted by Crippen LogP contribution is 2.22. The van der Waals surface area contributed by atoms with E-state index in [4.69, 9.17) is 4.74 Å². The van der Waals surface area contributed by atoms with Crippen molar-refractivity contribution in [3.8, 4) is 0 Å². The molecule has 0 saturated heterocycles. The molecule has 0 fully saturated rings. The van der Waals surface area contributed by atoms with Crippen LogP contribution in [-0.4, -0.2) is 28.5 Å². The first-order chi connectivity index (χ1) is 12.8. The maximum Gasteiger partial charge on any atom is 0.408 e. The van der Waals surface area contributed by atoms with Crippen LogP contribution in [-0.2, 0) is 29.0 Å². The normalized spacial score (nSPS) is 17.1. The van der Waals surface area contributed by atoms with Gasteiger partial charge in [0.05, 0.1) is 0 Å². The van der Waals surface area contributed by atoms with Crippen LogP contribution in [0.3, 0.4) is 0 Å². The number of fused-ring (bicyclic) bond motifs is 1. The van der Waals surface area contributed by atoms with E-state index < -0.39 is 17.7 Å². The summed E-state index contributed by atoms with van der Waals surface area (Å²) in [6, 6.07) is 17.2. The molecule has 1 aliphatic rings. The number of carbonyl (C=O) groups is 2. The summed E-state index contributed by atoms with van der Waals surface area (Å²) in [6.45, 7) is 6.44. The van der Waals surface area contributed by atoms with Gasteiger partial charge in [-0.3, -0.25) is 4.79 Å². The van der Waals surface area contributed by atoms with E-state index in [1.54, 1.807) is 25.7 Å². The lowest BCUT2D eigenvalue weighted by atomic mass is 10.0. The van der Waals surface area contributed by atoms with E-state index in [9.17, 15) is 9.59 Å². The fraction of sp³-hybridized carbons (Fsp3) is 0.364. The Balaban J connectivity index is 1.84. The minimum Gasteiger partial charge on any atom is -0.444 e. The number of nitrogens with zero attached hydrogens (tertiary/aromatic N) is 1. The van der Waals surface area contributed by atoms with Crippen LogP contribution in [0.25, 0.3) is 0 Å². The van der Waals surface area contributed by atoms with Crippen LogP contribution in [0.15, 0.2) is 54.6 Å². The number of nitrogens with one attached hydrogen (secondary N) is 1. The number of rotatable bonds is 3. The number of alkyl carbamates (subject to hydrolysis) is 1. The van der Waals surface area contributed by atoms with Crippen molar-refractivity contribution in [1.82, 2.24) is 10.2 Å². The number of hydrogen-bond acceptors (Lipinski definition) is 3. The molecule has 1 N–H and O–H groups in total. The molecular weight excluding hydrogens is 340 g/mol. The quantitative estimate of drug-likeness (QED) is 0.902. The van der Waals surface area contributed by atoms with Gasteiger partial charge < -0.3 is 15.0 Å². The molecule has 1 heterocycles. The third kappa shape index (κ3) is 5.09. The van der Waals surface area contributed by atoms with E-state index in [1.807, 2.05) is 54.6 Å². The van der Waals surface area contributed by atoms with Crippen LogP contribution in [0.4, 0.5) is 4.79 Å². The number of carbonyl (C=O) groups excluding carboxylic acids is 2. The molecule has 5 heteroatoms. The van der Waals surface area contributed by atoms with E-state index in [2.05, 4.69) is 5.32 Å². The van der Waals surface area contributed by atoms with E-state index in [0.29, 0.717) is 19.5 Å². The van der Waals surface area contributed by atoms with Gasteiger partial charge in [0.2, 0.25) is 5.91 Å². The molecule has 1 aliphatic heterocycles. The Morgan fingerprint density at radius 1 is 1.07 bits per heavy atom. The molecule has 0 bridgehead atoms. The van der Waals surface area contributed by atoms with Gasteiger partial charge in [-0.25, -0.2) is 4.79 Å². The Hall–Kier alpha value is -2.82. The Labute approximate surface area is 160 Å². The first-order valence-corrected chi connectivity index (χ1v) is 9.21. The molecule has 0 radical (unpaired) electrons. The van der Waals surface area contributed by atoms with Crippen LogP contribution in [0.2, 0.25) is 0 Å². The Bertz CT molecular complexity index is 812. The Kier molecular flexibility index (Phi) is 5.49. The highest BCUT2D eigenvalue weighted by Gasteiger charge is 2.31. The number of hydrogen-bond donors (Lipinski definition) is 1. The fourth-order valence-electron chi connectivity index (χ4n) is 3.22. The highest BCUT2D eigenvalue weighted by molar-refractivity contribution is 5.86. The third-order valence-electron chi connectivity index (χ3n) is 4.42. The van der Waals surface area contributed by atoms with Crippen LogP contribution in [0, 0.1) is 0 Å². The lowest BCUT2D eigenvalue weighted by molar-refractivity contribution is -0.134. The maximum absolute atomic E-state index is 13.2. The van der Waals surface area contributed by atoms with Gasteiger partial charge in [0, 0.05) is 19.5 Å². The molecule has 5 nitrogen and oxygen atoms in total. The van der Waals surface area contributed by atoms with Gasteiger partial charge >= 0.3 is 6.09 Å². The van der Waals surface area contributed by atoms with E-state index in [-0.39, 0.29) is 5.91 Å². The van der Waals surface area contributed by atoms with Crippen molar-refractivity contribution < 1.29 is 14.3 Å². The van der Waals surface area contributed by atoms with Crippen molar-refractivity contribution in [2.24, 2.45) is 0 Å². The van der Waals surface area contributed by atoms with Crippen LogP contribution >= 0.6 is 0 Å². The van der Waals surface area contributed by atoms with E-state index in [0.717, 1.165) is 16.7 Å². The summed E-state index contributed by atoms with van der Waals surface area (Å²) in [4.78, 5) is 27.2. The molecule has 2 aromatic rings. The molecule has 0 saturated carbocycles. The van der Waals surface area contributed by atoms with Gasteiger partial charge in [0.15, 0.2) is 0 Å².